The maximum absolute atomic E-state index is 12.6. The Bertz CT molecular complexity index is 1160. The van der Waals surface area contributed by atoms with Crippen LogP contribution in [0.25, 0.3) is 0 Å². The van der Waals surface area contributed by atoms with Gasteiger partial charge in [0.1, 0.15) is 5.75 Å². The van der Waals surface area contributed by atoms with Crippen molar-refractivity contribution in [3.8, 4) is 5.75 Å². The molecule has 0 aliphatic carbocycles. The van der Waals surface area contributed by atoms with Crippen molar-refractivity contribution < 1.29 is 17.9 Å². The Morgan fingerprint density at radius 1 is 0.867 bits per heavy atom. The molecule has 0 unspecified atom stereocenters. The molecule has 0 fully saturated rings. The Morgan fingerprint density at radius 2 is 1.53 bits per heavy atom. The first-order chi connectivity index (χ1) is 14.3. The number of benzene rings is 3. The number of hydrogen-bond acceptors (Lipinski definition) is 4. The Balaban J connectivity index is 1.62. The summed E-state index contributed by atoms with van der Waals surface area (Å²) in [7, 11) is -3.72. The molecule has 0 spiro atoms. The van der Waals surface area contributed by atoms with E-state index in [1.165, 1.54) is 12.1 Å². The Labute approximate surface area is 177 Å². The largest absolute Gasteiger partial charge is 0.483 e. The molecule has 30 heavy (non-hydrogen) atoms. The molecule has 0 saturated carbocycles. The van der Waals surface area contributed by atoms with E-state index < -0.39 is 10.0 Å². The Morgan fingerprint density at radius 3 is 2.23 bits per heavy atom. The lowest BCUT2D eigenvalue weighted by molar-refractivity contribution is -0.118. The molecule has 6 nitrogen and oxygen atoms in total. The normalized spacial score (nSPS) is 11.0. The van der Waals surface area contributed by atoms with Gasteiger partial charge in [-0.25, -0.2) is 8.42 Å². The van der Waals surface area contributed by atoms with Gasteiger partial charge in [-0.2, -0.15) is 0 Å². The van der Waals surface area contributed by atoms with Crippen LogP contribution in [0.15, 0.2) is 71.6 Å². The van der Waals surface area contributed by atoms with Crippen molar-refractivity contribution in [2.75, 3.05) is 16.6 Å². The topological polar surface area (TPSA) is 84.5 Å². The third-order valence-corrected chi connectivity index (χ3v) is 6.13. The van der Waals surface area contributed by atoms with Crippen LogP contribution in [0.4, 0.5) is 11.4 Å². The van der Waals surface area contributed by atoms with Crippen LogP contribution in [-0.4, -0.2) is 20.9 Å². The first-order valence-electron chi connectivity index (χ1n) is 9.43. The summed E-state index contributed by atoms with van der Waals surface area (Å²) in [6, 6.07) is 18.8. The lowest BCUT2D eigenvalue weighted by Gasteiger charge is -2.12. The van der Waals surface area contributed by atoms with Gasteiger partial charge in [0.2, 0.25) is 0 Å². The highest BCUT2D eigenvalue weighted by Crippen LogP contribution is 2.22. The van der Waals surface area contributed by atoms with Gasteiger partial charge in [0, 0.05) is 5.69 Å². The molecule has 0 heterocycles. The summed E-state index contributed by atoms with van der Waals surface area (Å²) in [5, 5.41) is 2.70. The molecule has 0 radical (unpaired) electrons. The number of amides is 1. The van der Waals surface area contributed by atoms with Gasteiger partial charge in [-0.1, -0.05) is 30.3 Å². The molecule has 0 atom stereocenters. The van der Waals surface area contributed by atoms with E-state index in [1.54, 1.807) is 24.3 Å². The SMILES string of the molecule is Cc1ccccc1NS(=O)(=O)c1ccc(NC(=O)COc2cccc(C)c2C)cc1. The maximum Gasteiger partial charge on any atom is 0.262 e. The zero-order valence-electron chi connectivity index (χ0n) is 17.1. The third-order valence-electron chi connectivity index (χ3n) is 4.75. The summed E-state index contributed by atoms with van der Waals surface area (Å²) in [4.78, 5) is 12.3. The van der Waals surface area contributed by atoms with E-state index in [-0.39, 0.29) is 17.4 Å². The third kappa shape index (κ3) is 5.18. The number of rotatable bonds is 7. The van der Waals surface area contributed by atoms with Crippen molar-refractivity contribution in [3.63, 3.8) is 0 Å². The molecule has 0 aromatic heterocycles. The van der Waals surface area contributed by atoms with Gasteiger partial charge in [0.05, 0.1) is 10.6 Å². The second-order valence-corrected chi connectivity index (χ2v) is 8.66. The number of sulfonamides is 1. The summed E-state index contributed by atoms with van der Waals surface area (Å²) >= 11 is 0. The zero-order valence-corrected chi connectivity index (χ0v) is 17.9. The highest BCUT2D eigenvalue weighted by molar-refractivity contribution is 7.92. The molecule has 1 amide bonds. The lowest BCUT2D eigenvalue weighted by atomic mass is 10.1. The molecule has 7 heteroatoms. The van der Waals surface area contributed by atoms with Crippen LogP contribution in [0, 0.1) is 20.8 Å². The minimum absolute atomic E-state index is 0.107. The number of anilines is 2. The van der Waals surface area contributed by atoms with Gasteiger partial charge in [0.15, 0.2) is 6.61 Å². The van der Waals surface area contributed by atoms with Crippen LogP contribution in [-0.2, 0) is 14.8 Å². The van der Waals surface area contributed by atoms with Crippen LogP contribution < -0.4 is 14.8 Å². The minimum atomic E-state index is -3.72. The van der Waals surface area contributed by atoms with Crippen LogP contribution in [0.5, 0.6) is 5.75 Å². The van der Waals surface area contributed by atoms with Crippen molar-refractivity contribution in [1.29, 1.82) is 0 Å². The molecule has 3 aromatic rings. The monoisotopic (exact) mass is 424 g/mol. The zero-order chi connectivity index (χ0) is 21.7. The Hall–Kier alpha value is -3.32. The molecular weight excluding hydrogens is 400 g/mol. The van der Waals surface area contributed by atoms with E-state index in [2.05, 4.69) is 10.0 Å². The molecular formula is C23H24N2O4S. The lowest BCUT2D eigenvalue weighted by Crippen LogP contribution is -2.20. The number of nitrogens with one attached hydrogen (secondary N) is 2. The van der Waals surface area contributed by atoms with Crippen LogP contribution in [0.1, 0.15) is 16.7 Å². The van der Waals surface area contributed by atoms with Crippen molar-refractivity contribution in [1.82, 2.24) is 0 Å². The van der Waals surface area contributed by atoms with E-state index >= 15 is 0 Å². The molecule has 3 aromatic carbocycles. The standard InChI is InChI=1S/C23H24N2O4S/c1-16-8-6-10-22(18(16)3)29-15-23(26)24-19-11-13-20(14-12-19)30(27,28)25-21-9-5-4-7-17(21)2/h4-14,25H,15H2,1-3H3,(H,24,26). The van der Waals surface area contributed by atoms with Crippen LogP contribution in [0.3, 0.4) is 0 Å². The van der Waals surface area contributed by atoms with Gasteiger partial charge in [0.25, 0.3) is 15.9 Å². The number of aryl methyl sites for hydroxylation is 2. The number of carbonyl (C=O) groups is 1. The summed E-state index contributed by atoms with van der Waals surface area (Å²) in [6.45, 7) is 5.61. The predicted molar refractivity (Wildman–Crippen MR) is 118 cm³/mol. The van der Waals surface area contributed by atoms with E-state index in [0.717, 1.165) is 16.7 Å². The fourth-order valence-corrected chi connectivity index (χ4v) is 3.96. The van der Waals surface area contributed by atoms with E-state index in [4.69, 9.17) is 4.74 Å². The molecule has 156 valence electrons. The second-order valence-electron chi connectivity index (χ2n) is 6.98. The number of para-hydroxylation sites is 1. The van der Waals surface area contributed by atoms with Gasteiger partial charge >= 0.3 is 0 Å². The first-order valence-corrected chi connectivity index (χ1v) is 10.9. The summed E-state index contributed by atoms with van der Waals surface area (Å²) in [6.07, 6.45) is 0. The van der Waals surface area contributed by atoms with E-state index in [0.29, 0.717) is 17.1 Å². The summed E-state index contributed by atoms with van der Waals surface area (Å²) in [5.74, 6) is 0.332. The average molecular weight is 425 g/mol. The second kappa shape index (κ2) is 9.00. The average Bonchev–Trinajstić information content (AvgIpc) is 2.71. The number of carbonyl (C=O) groups excluding carboxylic acids is 1. The molecule has 3 rings (SSSR count). The van der Waals surface area contributed by atoms with E-state index in [9.17, 15) is 13.2 Å². The van der Waals surface area contributed by atoms with Crippen molar-refractivity contribution in [3.05, 3.63) is 83.4 Å². The maximum atomic E-state index is 12.6. The predicted octanol–water partition coefficient (Wildman–Crippen LogP) is 4.43. The highest BCUT2D eigenvalue weighted by atomic mass is 32.2. The molecule has 2 N–H and O–H groups in total. The van der Waals surface area contributed by atoms with Gasteiger partial charge in [-0.05, 0) is 73.9 Å². The van der Waals surface area contributed by atoms with Crippen molar-refractivity contribution in [2.24, 2.45) is 0 Å². The molecule has 0 bridgehead atoms. The number of ether oxygens (including phenoxy) is 1. The Kier molecular flexibility index (Phi) is 6.42. The van der Waals surface area contributed by atoms with Gasteiger partial charge in [-0.3, -0.25) is 9.52 Å². The fourth-order valence-electron chi connectivity index (χ4n) is 2.83. The van der Waals surface area contributed by atoms with E-state index in [1.807, 2.05) is 51.1 Å². The van der Waals surface area contributed by atoms with Crippen LogP contribution in [0.2, 0.25) is 0 Å². The van der Waals surface area contributed by atoms with Gasteiger partial charge < -0.3 is 10.1 Å². The molecule has 0 aliphatic rings. The molecule has 0 aliphatic heterocycles. The van der Waals surface area contributed by atoms with Crippen molar-refractivity contribution in [2.45, 2.75) is 25.7 Å². The first kappa shape index (κ1) is 21.4. The smallest absolute Gasteiger partial charge is 0.262 e. The molecule has 0 saturated heterocycles. The van der Waals surface area contributed by atoms with Gasteiger partial charge in [-0.15, -0.1) is 0 Å². The highest BCUT2D eigenvalue weighted by Gasteiger charge is 2.15. The summed E-state index contributed by atoms with van der Waals surface area (Å²) in [5.41, 5.74) is 3.91. The fraction of sp³-hybridized carbons (Fsp3) is 0.174. The summed E-state index contributed by atoms with van der Waals surface area (Å²) < 4.78 is 33.3. The van der Waals surface area contributed by atoms with Crippen molar-refractivity contribution >= 4 is 27.3 Å². The minimum Gasteiger partial charge on any atom is -0.483 e. The number of hydrogen-bond donors (Lipinski definition) is 2. The van der Waals surface area contributed by atoms with Crippen LogP contribution >= 0.6 is 0 Å². The quantitative estimate of drug-likeness (QED) is 0.588.